The highest BCUT2D eigenvalue weighted by Crippen LogP contribution is 2.26. The summed E-state index contributed by atoms with van der Waals surface area (Å²) in [4.78, 5) is 0. The van der Waals surface area contributed by atoms with Crippen LogP contribution >= 0.6 is 23.2 Å². The van der Waals surface area contributed by atoms with E-state index in [2.05, 4.69) is 11.4 Å². The molecule has 1 rings (SSSR count). The summed E-state index contributed by atoms with van der Waals surface area (Å²) in [6, 6.07) is 7.01. The fraction of sp³-hybridized carbons (Fsp3) is 0.364. The van der Waals surface area contributed by atoms with Crippen molar-refractivity contribution in [2.75, 3.05) is 13.7 Å². The second kappa shape index (κ2) is 6.59. The van der Waals surface area contributed by atoms with E-state index in [9.17, 15) is 0 Å². The van der Waals surface area contributed by atoms with Crippen LogP contribution in [0.5, 0.6) is 5.75 Å². The van der Waals surface area contributed by atoms with Crippen LogP contribution in [0.4, 0.5) is 0 Å². The number of hydrogen-bond donors (Lipinski definition) is 1. The van der Waals surface area contributed by atoms with Crippen LogP contribution in [0.15, 0.2) is 18.2 Å². The first-order valence-corrected chi connectivity index (χ1v) is 5.57. The summed E-state index contributed by atoms with van der Waals surface area (Å²) < 4.78 is 5.44. The fourth-order valence-corrected chi connectivity index (χ4v) is 1.42. The number of ether oxygens (including phenoxy) is 1. The zero-order valence-electron chi connectivity index (χ0n) is 8.84. The first kappa shape index (κ1) is 13.1. The van der Waals surface area contributed by atoms with Crippen molar-refractivity contribution in [3.63, 3.8) is 0 Å². The van der Waals surface area contributed by atoms with E-state index >= 15 is 0 Å². The molecule has 1 atom stereocenters. The molecule has 0 aliphatic rings. The molecule has 1 aromatic carbocycles. The quantitative estimate of drug-likeness (QED) is 0.884. The van der Waals surface area contributed by atoms with Crippen molar-refractivity contribution in [1.29, 1.82) is 5.26 Å². The minimum atomic E-state index is -0.192. The fourth-order valence-electron chi connectivity index (χ4n) is 1.13. The molecule has 16 heavy (non-hydrogen) atoms. The Balaban J connectivity index is 2.43. The number of halogens is 2. The molecular weight excluding hydrogens is 247 g/mol. The number of nitrogens with one attached hydrogen (secondary N) is 1. The van der Waals surface area contributed by atoms with Crippen LogP contribution in [0.25, 0.3) is 0 Å². The zero-order valence-corrected chi connectivity index (χ0v) is 10.3. The SMILES string of the molecule is CNC(C#N)CCOc1ccc(Cl)c(Cl)c1. The van der Waals surface area contributed by atoms with E-state index in [0.29, 0.717) is 28.8 Å². The molecule has 0 saturated heterocycles. The molecule has 0 aliphatic carbocycles. The van der Waals surface area contributed by atoms with Crippen molar-refractivity contribution in [3.05, 3.63) is 28.2 Å². The highest BCUT2D eigenvalue weighted by atomic mass is 35.5. The van der Waals surface area contributed by atoms with E-state index < -0.39 is 0 Å². The van der Waals surface area contributed by atoms with E-state index in [1.165, 1.54) is 0 Å². The second-order valence-electron chi connectivity index (χ2n) is 3.18. The van der Waals surface area contributed by atoms with Gasteiger partial charge < -0.3 is 10.1 Å². The van der Waals surface area contributed by atoms with Gasteiger partial charge in [-0.1, -0.05) is 23.2 Å². The van der Waals surface area contributed by atoms with Gasteiger partial charge in [0.15, 0.2) is 0 Å². The van der Waals surface area contributed by atoms with Crippen LogP contribution in [0, 0.1) is 11.3 Å². The Morgan fingerprint density at radius 2 is 2.19 bits per heavy atom. The maximum absolute atomic E-state index is 8.70. The van der Waals surface area contributed by atoms with Crippen LogP contribution in [0.2, 0.25) is 10.0 Å². The molecule has 1 aromatic rings. The number of nitrogens with zero attached hydrogens (tertiary/aromatic N) is 1. The molecule has 0 amide bonds. The van der Waals surface area contributed by atoms with Gasteiger partial charge in [0.2, 0.25) is 0 Å². The van der Waals surface area contributed by atoms with Gasteiger partial charge in [-0.2, -0.15) is 5.26 Å². The summed E-state index contributed by atoms with van der Waals surface area (Å²) in [6.07, 6.45) is 0.618. The van der Waals surface area contributed by atoms with Crippen LogP contribution in [0.1, 0.15) is 6.42 Å². The van der Waals surface area contributed by atoms with E-state index in [-0.39, 0.29) is 6.04 Å². The maximum Gasteiger partial charge on any atom is 0.120 e. The molecule has 86 valence electrons. The van der Waals surface area contributed by atoms with Gasteiger partial charge >= 0.3 is 0 Å². The first-order valence-electron chi connectivity index (χ1n) is 4.82. The Bertz CT molecular complexity index is 390. The highest BCUT2D eigenvalue weighted by Gasteiger charge is 2.04. The van der Waals surface area contributed by atoms with Crippen molar-refractivity contribution in [3.8, 4) is 11.8 Å². The summed E-state index contributed by atoms with van der Waals surface area (Å²) in [6.45, 7) is 0.455. The normalized spacial score (nSPS) is 11.9. The molecule has 0 fully saturated rings. The topological polar surface area (TPSA) is 45.0 Å². The Morgan fingerprint density at radius 1 is 1.44 bits per heavy atom. The zero-order chi connectivity index (χ0) is 12.0. The lowest BCUT2D eigenvalue weighted by atomic mass is 10.2. The third kappa shape index (κ3) is 3.90. The van der Waals surface area contributed by atoms with Crippen molar-refractivity contribution < 1.29 is 4.74 Å². The van der Waals surface area contributed by atoms with Crippen molar-refractivity contribution in [1.82, 2.24) is 5.32 Å². The first-order chi connectivity index (χ1) is 7.67. The lowest BCUT2D eigenvalue weighted by Gasteiger charge is -2.09. The molecule has 0 aromatic heterocycles. The molecule has 0 radical (unpaired) electrons. The lowest BCUT2D eigenvalue weighted by molar-refractivity contribution is 0.300. The molecule has 1 N–H and O–H groups in total. The van der Waals surface area contributed by atoms with Gasteiger partial charge in [-0.25, -0.2) is 0 Å². The van der Waals surface area contributed by atoms with Gasteiger partial charge in [0.05, 0.1) is 28.8 Å². The van der Waals surface area contributed by atoms with Gasteiger partial charge in [-0.05, 0) is 19.2 Å². The van der Waals surface area contributed by atoms with Crippen molar-refractivity contribution >= 4 is 23.2 Å². The second-order valence-corrected chi connectivity index (χ2v) is 4.00. The average Bonchev–Trinajstić information content (AvgIpc) is 2.29. The lowest BCUT2D eigenvalue weighted by Crippen LogP contribution is -2.25. The Kier molecular flexibility index (Phi) is 5.41. The molecule has 0 aliphatic heterocycles. The molecule has 5 heteroatoms. The van der Waals surface area contributed by atoms with Crippen molar-refractivity contribution in [2.24, 2.45) is 0 Å². The van der Waals surface area contributed by atoms with Gasteiger partial charge in [-0.15, -0.1) is 0 Å². The number of nitriles is 1. The number of rotatable bonds is 5. The minimum absolute atomic E-state index is 0.192. The summed E-state index contributed by atoms with van der Waals surface area (Å²) in [5.41, 5.74) is 0. The van der Waals surface area contributed by atoms with E-state index in [0.717, 1.165) is 0 Å². The highest BCUT2D eigenvalue weighted by molar-refractivity contribution is 6.42. The number of benzene rings is 1. The Hall–Kier alpha value is -0.950. The summed E-state index contributed by atoms with van der Waals surface area (Å²) >= 11 is 11.6. The van der Waals surface area contributed by atoms with E-state index in [4.69, 9.17) is 33.2 Å². The molecule has 0 heterocycles. The van der Waals surface area contributed by atoms with Gasteiger partial charge in [0.25, 0.3) is 0 Å². The molecule has 3 nitrogen and oxygen atoms in total. The maximum atomic E-state index is 8.70. The van der Waals surface area contributed by atoms with Crippen LogP contribution in [-0.2, 0) is 0 Å². The van der Waals surface area contributed by atoms with Crippen molar-refractivity contribution in [2.45, 2.75) is 12.5 Å². The predicted molar refractivity (Wildman–Crippen MR) is 65.0 cm³/mol. The van der Waals surface area contributed by atoms with E-state index in [1.807, 2.05) is 0 Å². The summed E-state index contributed by atoms with van der Waals surface area (Å²) in [5, 5.41) is 12.5. The van der Waals surface area contributed by atoms with Crippen LogP contribution in [0.3, 0.4) is 0 Å². The smallest absolute Gasteiger partial charge is 0.120 e. The van der Waals surface area contributed by atoms with E-state index in [1.54, 1.807) is 25.2 Å². The Labute approximate surface area is 105 Å². The summed E-state index contributed by atoms with van der Waals surface area (Å²) in [5.74, 6) is 0.655. The molecule has 0 saturated carbocycles. The van der Waals surface area contributed by atoms with Crippen LogP contribution < -0.4 is 10.1 Å². The minimum Gasteiger partial charge on any atom is -0.493 e. The Morgan fingerprint density at radius 3 is 2.75 bits per heavy atom. The standard InChI is InChI=1S/C11H12Cl2N2O/c1-15-8(7-14)4-5-16-9-2-3-10(12)11(13)6-9/h2-3,6,8,15H,4-5H2,1H3. The average molecular weight is 259 g/mol. The van der Waals surface area contributed by atoms with Crippen LogP contribution in [-0.4, -0.2) is 19.7 Å². The third-order valence-corrected chi connectivity index (χ3v) is 2.81. The largest absolute Gasteiger partial charge is 0.493 e. The van der Waals surface area contributed by atoms with Gasteiger partial charge in [-0.3, -0.25) is 0 Å². The molecule has 0 bridgehead atoms. The molecule has 1 unspecified atom stereocenters. The monoisotopic (exact) mass is 258 g/mol. The molecular formula is C11H12Cl2N2O. The summed E-state index contributed by atoms with van der Waals surface area (Å²) in [7, 11) is 1.74. The predicted octanol–water partition coefficient (Wildman–Crippen LogP) is 2.87. The number of hydrogen-bond acceptors (Lipinski definition) is 3. The molecule has 0 spiro atoms. The van der Waals surface area contributed by atoms with Gasteiger partial charge in [0.1, 0.15) is 5.75 Å². The van der Waals surface area contributed by atoms with Gasteiger partial charge in [0, 0.05) is 12.5 Å². The third-order valence-electron chi connectivity index (χ3n) is 2.07.